The molecule has 0 saturated carbocycles. The zero-order valence-corrected chi connectivity index (χ0v) is 16.9. The van der Waals surface area contributed by atoms with Gasteiger partial charge in [-0.1, -0.05) is 32.0 Å². The van der Waals surface area contributed by atoms with Gasteiger partial charge in [-0.2, -0.15) is 4.31 Å². The molecule has 1 atom stereocenters. The minimum absolute atomic E-state index is 0.00238. The van der Waals surface area contributed by atoms with Crippen molar-refractivity contribution in [2.75, 3.05) is 45.9 Å². The Bertz CT molecular complexity index is 733. The predicted molar refractivity (Wildman–Crippen MR) is 103 cm³/mol. The summed E-state index contributed by atoms with van der Waals surface area (Å²) >= 11 is 0. The van der Waals surface area contributed by atoms with Gasteiger partial charge in [0.1, 0.15) is 6.17 Å². The van der Waals surface area contributed by atoms with E-state index in [4.69, 9.17) is 4.74 Å². The molecule has 8 heteroatoms. The van der Waals surface area contributed by atoms with Crippen LogP contribution in [0.5, 0.6) is 0 Å². The van der Waals surface area contributed by atoms with Crippen molar-refractivity contribution in [3.8, 4) is 0 Å². The first-order valence-corrected chi connectivity index (χ1v) is 11.0. The third-order valence-corrected chi connectivity index (χ3v) is 7.00. The number of carbonyl (C=O) groups is 1. The summed E-state index contributed by atoms with van der Waals surface area (Å²) in [5, 5.41) is 0. The Kier molecular flexibility index (Phi) is 6.52. The van der Waals surface area contributed by atoms with E-state index in [0.717, 1.165) is 13.1 Å². The molecule has 1 aromatic rings. The van der Waals surface area contributed by atoms with E-state index in [-0.39, 0.29) is 16.7 Å². The minimum atomic E-state index is -3.65. The van der Waals surface area contributed by atoms with E-state index in [2.05, 4.69) is 4.90 Å². The van der Waals surface area contributed by atoms with E-state index in [1.54, 1.807) is 35.2 Å². The standard InChI is InChI=1S/C19H29N3O4S/c1-16(2)19-21(18(23)15-20-11-13-26-14-12-20)9-6-10-22(19)27(24,25)17-7-4-3-5-8-17/h3-5,7-8,16,19H,6,9-15H2,1-2H3/t19-/m1/s1. The van der Waals surface area contributed by atoms with Crippen molar-refractivity contribution in [3.05, 3.63) is 30.3 Å². The Morgan fingerprint density at radius 2 is 1.78 bits per heavy atom. The zero-order valence-electron chi connectivity index (χ0n) is 16.1. The van der Waals surface area contributed by atoms with Crippen molar-refractivity contribution in [1.29, 1.82) is 0 Å². The Balaban J connectivity index is 1.82. The molecule has 2 aliphatic heterocycles. The molecule has 1 amide bonds. The summed E-state index contributed by atoms with van der Waals surface area (Å²) in [6.45, 7) is 8.01. The van der Waals surface area contributed by atoms with Crippen molar-refractivity contribution >= 4 is 15.9 Å². The van der Waals surface area contributed by atoms with Crippen LogP contribution in [0.2, 0.25) is 0 Å². The normalized spacial score (nSPS) is 22.9. The highest BCUT2D eigenvalue weighted by Gasteiger charge is 2.41. The molecular formula is C19H29N3O4S. The largest absolute Gasteiger partial charge is 0.379 e. The number of ether oxygens (including phenoxy) is 1. The fraction of sp³-hybridized carbons (Fsp3) is 0.632. The van der Waals surface area contributed by atoms with Crippen molar-refractivity contribution in [2.45, 2.75) is 31.3 Å². The Hall–Kier alpha value is -1.48. The van der Waals surface area contributed by atoms with Gasteiger partial charge in [0.15, 0.2) is 0 Å². The third kappa shape index (κ3) is 4.51. The summed E-state index contributed by atoms with van der Waals surface area (Å²) in [7, 11) is -3.65. The topological polar surface area (TPSA) is 70.2 Å². The highest BCUT2D eigenvalue weighted by Crippen LogP contribution is 2.28. The van der Waals surface area contributed by atoms with E-state index in [9.17, 15) is 13.2 Å². The molecule has 0 bridgehead atoms. The average Bonchev–Trinajstić information content (AvgIpc) is 2.68. The first kappa shape index (κ1) is 20.3. The van der Waals surface area contributed by atoms with E-state index in [1.165, 1.54) is 4.31 Å². The lowest BCUT2D eigenvalue weighted by atomic mass is 10.1. The van der Waals surface area contributed by atoms with E-state index in [0.29, 0.717) is 39.3 Å². The quantitative estimate of drug-likeness (QED) is 0.750. The van der Waals surface area contributed by atoms with Crippen LogP contribution in [0, 0.1) is 5.92 Å². The molecule has 2 fully saturated rings. The van der Waals surface area contributed by atoms with Gasteiger partial charge in [0.2, 0.25) is 15.9 Å². The number of nitrogens with zero attached hydrogens (tertiary/aromatic N) is 3. The van der Waals surface area contributed by atoms with Crippen LogP contribution in [0.1, 0.15) is 20.3 Å². The third-order valence-electron chi connectivity index (χ3n) is 5.12. The van der Waals surface area contributed by atoms with Gasteiger partial charge < -0.3 is 9.64 Å². The van der Waals surface area contributed by atoms with Crippen molar-refractivity contribution in [1.82, 2.24) is 14.1 Å². The molecule has 27 heavy (non-hydrogen) atoms. The molecule has 0 aromatic heterocycles. The lowest BCUT2D eigenvalue weighted by molar-refractivity contribution is -0.142. The number of amides is 1. The van der Waals surface area contributed by atoms with Crippen LogP contribution in [0.3, 0.4) is 0 Å². The molecule has 0 spiro atoms. The highest BCUT2D eigenvalue weighted by molar-refractivity contribution is 7.89. The van der Waals surface area contributed by atoms with Gasteiger partial charge in [0.25, 0.3) is 0 Å². The zero-order chi connectivity index (χ0) is 19.4. The number of hydrogen-bond donors (Lipinski definition) is 0. The SMILES string of the molecule is CC(C)[C@@H]1N(C(=O)CN2CCOCC2)CCCN1S(=O)(=O)c1ccccc1. The average molecular weight is 396 g/mol. The van der Waals surface area contributed by atoms with Gasteiger partial charge in [-0.25, -0.2) is 8.42 Å². The number of benzene rings is 1. The van der Waals surface area contributed by atoms with Crippen LogP contribution in [0.15, 0.2) is 35.2 Å². The fourth-order valence-electron chi connectivity index (χ4n) is 3.81. The molecule has 2 heterocycles. The second-order valence-electron chi connectivity index (χ2n) is 7.42. The number of hydrogen-bond acceptors (Lipinski definition) is 5. The van der Waals surface area contributed by atoms with E-state index >= 15 is 0 Å². The number of rotatable bonds is 5. The number of sulfonamides is 1. The van der Waals surface area contributed by atoms with Gasteiger partial charge in [-0.15, -0.1) is 0 Å². The molecule has 0 N–H and O–H groups in total. The molecule has 3 rings (SSSR count). The Labute approximate surface area is 161 Å². The first-order valence-electron chi connectivity index (χ1n) is 9.57. The Morgan fingerprint density at radius 1 is 1.11 bits per heavy atom. The molecular weight excluding hydrogens is 366 g/mol. The van der Waals surface area contributed by atoms with Gasteiger partial charge >= 0.3 is 0 Å². The minimum Gasteiger partial charge on any atom is -0.379 e. The van der Waals surface area contributed by atoms with Gasteiger partial charge in [0, 0.05) is 26.2 Å². The van der Waals surface area contributed by atoms with Crippen molar-refractivity contribution < 1.29 is 17.9 Å². The lowest BCUT2D eigenvalue weighted by Gasteiger charge is -2.45. The monoisotopic (exact) mass is 395 g/mol. The molecule has 0 radical (unpaired) electrons. The second kappa shape index (κ2) is 8.68. The smallest absolute Gasteiger partial charge is 0.244 e. The summed E-state index contributed by atoms with van der Waals surface area (Å²) in [5.74, 6) is -0.0130. The molecule has 150 valence electrons. The van der Waals surface area contributed by atoms with Crippen LogP contribution in [0.4, 0.5) is 0 Å². The van der Waals surface area contributed by atoms with E-state index < -0.39 is 16.2 Å². The predicted octanol–water partition coefficient (Wildman–Crippen LogP) is 1.22. The molecule has 2 saturated heterocycles. The van der Waals surface area contributed by atoms with Crippen LogP contribution in [0.25, 0.3) is 0 Å². The van der Waals surface area contributed by atoms with Gasteiger partial charge in [0.05, 0.1) is 24.7 Å². The molecule has 1 aromatic carbocycles. The van der Waals surface area contributed by atoms with Gasteiger partial charge in [-0.3, -0.25) is 9.69 Å². The summed E-state index contributed by atoms with van der Waals surface area (Å²) in [5.41, 5.74) is 0. The van der Waals surface area contributed by atoms with Crippen molar-refractivity contribution in [2.24, 2.45) is 5.92 Å². The van der Waals surface area contributed by atoms with Crippen molar-refractivity contribution in [3.63, 3.8) is 0 Å². The second-order valence-corrected chi connectivity index (χ2v) is 9.31. The maximum absolute atomic E-state index is 13.2. The summed E-state index contributed by atoms with van der Waals surface area (Å²) in [6, 6.07) is 8.47. The highest BCUT2D eigenvalue weighted by atomic mass is 32.2. The Morgan fingerprint density at radius 3 is 2.41 bits per heavy atom. The van der Waals surface area contributed by atoms with Crippen LogP contribution in [-0.2, 0) is 19.6 Å². The summed E-state index contributed by atoms with van der Waals surface area (Å²) < 4.78 is 33.3. The molecule has 7 nitrogen and oxygen atoms in total. The van der Waals surface area contributed by atoms with E-state index in [1.807, 2.05) is 13.8 Å². The molecule has 0 aliphatic carbocycles. The molecule has 0 unspecified atom stereocenters. The molecule has 2 aliphatic rings. The van der Waals surface area contributed by atoms with Gasteiger partial charge in [-0.05, 0) is 24.5 Å². The maximum atomic E-state index is 13.2. The number of morpholine rings is 1. The van der Waals surface area contributed by atoms with Crippen LogP contribution < -0.4 is 0 Å². The van der Waals surface area contributed by atoms with Crippen LogP contribution in [-0.4, -0.2) is 80.5 Å². The number of carbonyl (C=O) groups excluding carboxylic acids is 1. The summed E-state index contributed by atoms with van der Waals surface area (Å²) in [6.07, 6.45) is 0.182. The lowest BCUT2D eigenvalue weighted by Crippen LogP contribution is -2.61. The maximum Gasteiger partial charge on any atom is 0.244 e. The van der Waals surface area contributed by atoms with Crippen LogP contribution >= 0.6 is 0 Å². The first-order chi connectivity index (χ1) is 12.9. The fourth-order valence-corrected chi connectivity index (χ4v) is 5.60. The summed E-state index contributed by atoms with van der Waals surface area (Å²) in [4.78, 5) is 17.1.